The second-order valence-electron chi connectivity index (χ2n) is 7.48. The standard InChI is InChI=1S/C20H24FN3O3S2/c21-16-2-1-3-18(12-16)29(26,27)22-13-20(25)23-8-4-17(5-9-23)24-10-6-19-15(14-24)7-11-28-19/h1-3,7,11-12,17,22H,4-6,8-10,13-14H2. The van der Waals surface area contributed by atoms with Gasteiger partial charge in [-0.2, -0.15) is 0 Å². The summed E-state index contributed by atoms with van der Waals surface area (Å²) >= 11 is 1.83. The number of piperidine rings is 1. The molecule has 1 aromatic carbocycles. The van der Waals surface area contributed by atoms with Gasteiger partial charge in [0.05, 0.1) is 11.4 Å². The van der Waals surface area contributed by atoms with Gasteiger partial charge in [0.2, 0.25) is 15.9 Å². The van der Waals surface area contributed by atoms with Crippen LogP contribution in [0.5, 0.6) is 0 Å². The molecule has 1 saturated heterocycles. The van der Waals surface area contributed by atoms with E-state index >= 15 is 0 Å². The summed E-state index contributed by atoms with van der Waals surface area (Å²) in [6, 6.07) is 7.41. The third-order valence-corrected chi connectivity index (χ3v) is 8.11. The largest absolute Gasteiger partial charge is 0.341 e. The lowest BCUT2D eigenvalue weighted by molar-refractivity contribution is -0.131. The second kappa shape index (κ2) is 8.51. The van der Waals surface area contributed by atoms with E-state index in [-0.39, 0.29) is 17.3 Å². The van der Waals surface area contributed by atoms with Gasteiger partial charge in [-0.25, -0.2) is 17.5 Å². The number of hydrogen-bond donors (Lipinski definition) is 1. The molecule has 1 fully saturated rings. The van der Waals surface area contributed by atoms with Crippen LogP contribution in [0.2, 0.25) is 0 Å². The summed E-state index contributed by atoms with van der Waals surface area (Å²) in [4.78, 5) is 18.0. The smallest absolute Gasteiger partial charge is 0.241 e. The number of likely N-dealkylation sites (tertiary alicyclic amines) is 1. The van der Waals surface area contributed by atoms with Gasteiger partial charge in [0, 0.05) is 37.1 Å². The highest BCUT2D eigenvalue weighted by Crippen LogP contribution is 2.28. The van der Waals surface area contributed by atoms with Crippen LogP contribution in [0.4, 0.5) is 4.39 Å². The van der Waals surface area contributed by atoms with E-state index in [0.717, 1.165) is 38.4 Å². The number of nitrogens with zero attached hydrogens (tertiary/aromatic N) is 2. The average Bonchev–Trinajstić information content (AvgIpc) is 3.20. The molecule has 0 unspecified atom stereocenters. The molecule has 0 atom stereocenters. The van der Waals surface area contributed by atoms with Crippen LogP contribution in [0.15, 0.2) is 40.6 Å². The lowest BCUT2D eigenvalue weighted by Crippen LogP contribution is -2.49. The summed E-state index contributed by atoms with van der Waals surface area (Å²) in [5.41, 5.74) is 1.42. The highest BCUT2D eigenvalue weighted by atomic mass is 32.2. The first kappa shape index (κ1) is 20.5. The van der Waals surface area contributed by atoms with E-state index in [1.807, 2.05) is 11.3 Å². The van der Waals surface area contributed by atoms with Crippen LogP contribution < -0.4 is 4.72 Å². The molecule has 0 radical (unpaired) electrons. The maximum Gasteiger partial charge on any atom is 0.241 e. The van der Waals surface area contributed by atoms with E-state index in [1.54, 1.807) is 4.90 Å². The van der Waals surface area contributed by atoms with E-state index in [1.165, 1.54) is 28.6 Å². The highest BCUT2D eigenvalue weighted by molar-refractivity contribution is 7.89. The van der Waals surface area contributed by atoms with Crippen molar-refractivity contribution in [1.82, 2.24) is 14.5 Å². The Morgan fingerprint density at radius 3 is 2.76 bits per heavy atom. The number of rotatable bonds is 5. The number of amides is 1. The van der Waals surface area contributed by atoms with Crippen LogP contribution in [-0.2, 0) is 27.8 Å². The third-order valence-electron chi connectivity index (χ3n) is 5.69. The Bertz CT molecular complexity index is 984. The predicted molar refractivity (Wildman–Crippen MR) is 110 cm³/mol. The van der Waals surface area contributed by atoms with Crippen molar-refractivity contribution in [1.29, 1.82) is 0 Å². The summed E-state index contributed by atoms with van der Waals surface area (Å²) in [6.45, 7) is 2.96. The molecule has 29 heavy (non-hydrogen) atoms. The molecule has 0 spiro atoms. The molecule has 9 heteroatoms. The Hall–Kier alpha value is -1.81. The Kier molecular flexibility index (Phi) is 6.00. The molecule has 4 rings (SSSR count). The van der Waals surface area contributed by atoms with Gasteiger partial charge in [-0.15, -0.1) is 11.3 Å². The van der Waals surface area contributed by atoms with Crippen molar-refractivity contribution in [2.75, 3.05) is 26.2 Å². The third kappa shape index (κ3) is 4.69. The number of thiophene rings is 1. The molecule has 2 aliphatic rings. The monoisotopic (exact) mass is 437 g/mol. The van der Waals surface area contributed by atoms with Gasteiger partial charge in [0.1, 0.15) is 5.82 Å². The summed E-state index contributed by atoms with van der Waals surface area (Å²) in [7, 11) is -3.91. The number of hydrogen-bond acceptors (Lipinski definition) is 5. The molecule has 3 heterocycles. The number of benzene rings is 1. The van der Waals surface area contributed by atoms with Gasteiger partial charge in [0.25, 0.3) is 0 Å². The molecule has 156 valence electrons. The molecule has 1 N–H and O–H groups in total. The van der Waals surface area contributed by atoms with E-state index in [9.17, 15) is 17.6 Å². The Balaban J connectivity index is 1.27. The van der Waals surface area contributed by atoms with Crippen molar-refractivity contribution in [3.8, 4) is 0 Å². The second-order valence-corrected chi connectivity index (χ2v) is 10.3. The Morgan fingerprint density at radius 2 is 2.00 bits per heavy atom. The molecule has 1 aromatic heterocycles. The zero-order chi connectivity index (χ0) is 20.4. The van der Waals surface area contributed by atoms with Crippen LogP contribution in [0.3, 0.4) is 0 Å². The molecule has 1 amide bonds. The average molecular weight is 438 g/mol. The van der Waals surface area contributed by atoms with Crippen molar-refractivity contribution in [2.45, 2.75) is 36.7 Å². The first-order chi connectivity index (χ1) is 13.9. The topological polar surface area (TPSA) is 69.7 Å². The zero-order valence-corrected chi connectivity index (χ0v) is 17.6. The fourth-order valence-electron chi connectivity index (χ4n) is 4.05. The van der Waals surface area contributed by atoms with Crippen molar-refractivity contribution in [2.24, 2.45) is 0 Å². The predicted octanol–water partition coefficient (Wildman–Crippen LogP) is 2.21. The van der Waals surface area contributed by atoms with Crippen LogP contribution in [-0.4, -0.2) is 56.3 Å². The van der Waals surface area contributed by atoms with Gasteiger partial charge in [-0.3, -0.25) is 9.69 Å². The SMILES string of the molecule is O=C(CNS(=O)(=O)c1cccc(F)c1)N1CCC(N2CCc3sccc3C2)CC1. The van der Waals surface area contributed by atoms with Crippen molar-refractivity contribution in [3.63, 3.8) is 0 Å². The first-order valence-corrected chi connectivity index (χ1v) is 12.1. The van der Waals surface area contributed by atoms with E-state index in [0.29, 0.717) is 19.1 Å². The molecular weight excluding hydrogens is 413 g/mol. The molecule has 0 aliphatic carbocycles. The fourth-order valence-corrected chi connectivity index (χ4v) is 5.94. The Morgan fingerprint density at radius 1 is 1.21 bits per heavy atom. The number of sulfonamides is 1. The van der Waals surface area contributed by atoms with Crippen molar-refractivity contribution >= 4 is 27.3 Å². The van der Waals surface area contributed by atoms with E-state index in [4.69, 9.17) is 0 Å². The minimum atomic E-state index is -3.91. The maximum absolute atomic E-state index is 13.3. The summed E-state index contributed by atoms with van der Waals surface area (Å²) in [6.07, 6.45) is 2.87. The normalized spacial score (nSPS) is 18.6. The number of carbonyl (C=O) groups is 1. The van der Waals surface area contributed by atoms with E-state index in [2.05, 4.69) is 21.1 Å². The highest BCUT2D eigenvalue weighted by Gasteiger charge is 2.29. The summed E-state index contributed by atoms with van der Waals surface area (Å²) in [5, 5.41) is 2.15. The Labute approximate surface area is 174 Å². The summed E-state index contributed by atoms with van der Waals surface area (Å²) < 4.78 is 40.1. The van der Waals surface area contributed by atoms with Gasteiger partial charge >= 0.3 is 0 Å². The summed E-state index contributed by atoms with van der Waals surface area (Å²) in [5.74, 6) is -0.879. The number of fused-ring (bicyclic) bond motifs is 1. The van der Waals surface area contributed by atoms with Crippen molar-refractivity contribution < 1.29 is 17.6 Å². The number of halogens is 1. The van der Waals surface area contributed by atoms with Crippen molar-refractivity contribution in [3.05, 3.63) is 52.0 Å². The lowest BCUT2D eigenvalue weighted by Gasteiger charge is -2.40. The molecule has 0 saturated carbocycles. The number of carbonyl (C=O) groups excluding carboxylic acids is 1. The maximum atomic E-state index is 13.3. The fraction of sp³-hybridized carbons (Fsp3) is 0.450. The molecular formula is C20H24FN3O3S2. The van der Waals surface area contributed by atoms with Gasteiger partial charge in [-0.1, -0.05) is 6.07 Å². The van der Waals surface area contributed by atoms with Crippen LogP contribution in [0.1, 0.15) is 23.3 Å². The quantitative estimate of drug-likeness (QED) is 0.779. The molecule has 0 bridgehead atoms. The van der Waals surface area contributed by atoms with Gasteiger partial charge in [0.15, 0.2) is 0 Å². The first-order valence-electron chi connectivity index (χ1n) is 9.75. The number of nitrogens with one attached hydrogen (secondary N) is 1. The van der Waals surface area contributed by atoms with Crippen LogP contribution in [0, 0.1) is 5.82 Å². The molecule has 6 nitrogen and oxygen atoms in total. The van der Waals surface area contributed by atoms with Gasteiger partial charge in [-0.05, 0) is 54.5 Å². The minimum absolute atomic E-state index is 0.179. The van der Waals surface area contributed by atoms with Crippen LogP contribution >= 0.6 is 11.3 Å². The minimum Gasteiger partial charge on any atom is -0.341 e. The van der Waals surface area contributed by atoms with Gasteiger partial charge < -0.3 is 4.90 Å². The van der Waals surface area contributed by atoms with Crippen LogP contribution in [0.25, 0.3) is 0 Å². The van der Waals surface area contributed by atoms with E-state index < -0.39 is 15.8 Å². The lowest BCUT2D eigenvalue weighted by atomic mass is 9.99. The zero-order valence-electron chi connectivity index (χ0n) is 16.0. The molecule has 2 aromatic rings. The molecule has 2 aliphatic heterocycles.